The molecule has 0 radical (unpaired) electrons. The van der Waals surface area contributed by atoms with Gasteiger partial charge >= 0.3 is 5.69 Å². The van der Waals surface area contributed by atoms with Crippen molar-refractivity contribution in [2.45, 2.75) is 95.3 Å². The summed E-state index contributed by atoms with van der Waals surface area (Å²) in [6.45, 7) is 8.60. The minimum Gasteiger partial charge on any atom is -0.394 e. The minimum atomic E-state index is -0.686. The number of aromatic amines is 1. The number of nitrogens with two attached hydrogens (primary N) is 1. The van der Waals surface area contributed by atoms with Crippen LogP contribution in [0, 0.1) is 12.8 Å². The van der Waals surface area contributed by atoms with E-state index < -0.39 is 23.6 Å². The van der Waals surface area contributed by atoms with Gasteiger partial charge in [0, 0.05) is 74.6 Å². The molecule has 2 amide bonds. The molecule has 0 bridgehead atoms. The van der Waals surface area contributed by atoms with Crippen molar-refractivity contribution >= 4 is 40.6 Å². The van der Waals surface area contributed by atoms with E-state index in [1.807, 2.05) is 28.9 Å². The second-order valence-corrected chi connectivity index (χ2v) is 19.0. The van der Waals surface area contributed by atoms with Crippen molar-refractivity contribution in [1.29, 1.82) is 0 Å². The zero-order chi connectivity index (χ0) is 49.0. The standard InChI is InChI=1S/C48H63N15O6S/c1-3-25-70-47-53-43(51-20-18-49)42-44(54-47)63(59-57-42)28-34-8-6-32(7-9-34)5-4-19-52-46(67)36-16-22-60(23-17-36)24-21-50-40(65)15-12-33-10-13-35(14-11-33)37-29-62(58-56-37)38-26-41(69-39(38)30-64)61-27-31(2)45(66)55-48(61)68/h6-11,13-14,27,29,36,38-39,41,64H,3-5,12,15-26,28,30,49H2,1-2H3,(H,50,65)(H,52,67)(H,51,53,54)(H,55,66,68)/t38?,39-,41-/m1/s1. The first-order valence-corrected chi connectivity index (χ1v) is 25.2. The Bertz CT molecular complexity index is 2800. The minimum absolute atomic E-state index is 0.00346. The number of aliphatic hydroxyl groups is 1. The van der Waals surface area contributed by atoms with E-state index >= 15 is 0 Å². The topological polar surface area (TPSA) is 271 Å². The largest absolute Gasteiger partial charge is 0.394 e. The number of rotatable bonds is 23. The van der Waals surface area contributed by atoms with Crippen LogP contribution in [0.1, 0.15) is 80.0 Å². The van der Waals surface area contributed by atoms with Crippen molar-refractivity contribution in [3.05, 3.63) is 104 Å². The van der Waals surface area contributed by atoms with E-state index in [-0.39, 0.29) is 30.4 Å². The van der Waals surface area contributed by atoms with E-state index in [4.69, 9.17) is 15.5 Å². The number of hydrogen-bond donors (Lipinski definition) is 6. The number of fused-ring (bicyclic) bond motifs is 1. The molecular weight excluding hydrogens is 915 g/mol. The highest BCUT2D eigenvalue weighted by molar-refractivity contribution is 7.99. The summed E-state index contributed by atoms with van der Waals surface area (Å²) in [5, 5.41) is 37.6. The van der Waals surface area contributed by atoms with Gasteiger partial charge in [0.05, 0.1) is 25.4 Å². The quantitative estimate of drug-likeness (QED) is 0.0306. The molecule has 6 heterocycles. The number of amides is 2. The molecule has 0 saturated carbocycles. The van der Waals surface area contributed by atoms with Crippen molar-refractivity contribution in [2.24, 2.45) is 11.7 Å². The molecule has 3 atom stereocenters. The number of carbonyl (C=O) groups is 2. The highest BCUT2D eigenvalue weighted by Gasteiger charge is 2.38. The number of aromatic nitrogens is 10. The molecule has 372 valence electrons. The van der Waals surface area contributed by atoms with E-state index in [1.54, 1.807) is 29.6 Å². The van der Waals surface area contributed by atoms with Crippen LogP contribution in [0.3, 0.4) is 0 Å². The molecule has 1 unspecified atom stereocenters. The van der Waals surface area contributed by atoms with Gasteiger partial charge in [-0.3, -0.25) is 23.9 Å². The van der Waals surface area contributed by atoms with Crippen molar-refractivity contribution < 1.29 is 19.4 Å². The first-order valence-electron chi connectivity index (χ1n) is 24.2. The number of ether oxygens (including phenoxy) is 1. The van der Waals surface area contributed by atoms with Gasteiger partial charge in [-0.2, -0.15) is 0 Å². The summed E-state index contributed by atoms with van der Waals surface area (Å²) in [4.78, 5) is 64.1. The summed E-state index contributed by atoms with van der Waals surface area (Å²) in [5.41, 5.74) is 11.2. The van der Waals surface area contributed by atoms with Gasteiger partial charge in [0.25, 0.3) is 5.56 Å². The Labute approximate surface area is 409 Å². The van der Waals surface area contributed by atoms with Crippen LogP contribution >= 0.6 is 11.8 Å². The normalized spacial score (nSPS) is 17.6. The van der Waals surface area contributed by atoms with Crippen LogP contribution in [0.25, 0.3) is 22.4 Å². The fraction of sp³-hybridized carbons (Fsp3) is 0.500. The van der Waals surface area contributed by atoms with Crippen LogP contribution in [0.5, 0.6) is 0 Å². The Balaban J connectivity index is 0.696. The highest BCUT2D eigenvalue weighted by Crippen LogP contribution is 2.36. The van der Waals surface area contributed by atoms with Crippen molar-refractivity contribution in [3.63, 3.8) is 0 Å². The van der Waals surface area contributed by atoms with Gasteiger partial charge in [-0.1, -0.05) is 77.6 Å². The monoisotopic (exact) mass is 977 g/mol. The number of H-pyrrole nitrogens is 1. The van der Waals surface area contributed by atoms with Crippen LogP contribution in [-0.2, 0) is 33.7 Å². The molecule has 2 aromatic carbocycles. The fourth-order valence-electron chi connectivity index (χ4n) is 8.81. The lowest BCUT2D eigenvalue weighted by atomic mass is 9.96. The maximum absolute atomic E-state index is 13.0. The Morgan fingerprint density at radius 1 is 0.929 bits per heavy atom. The lowest BCUT2D eigenvalue weighted by Gasteiger charge is -2.31. The number of aryl methyl sites for hydroxylation is 3. The maximum atomic E-state index is 13.0. The first-order chi connectivity index (χ1) is 34.1. The third kappa shape index (κ3) is 12.7. The SMILES string of the molecule is CCCSc1nc(NCCN)c2nnn(Cc3ccc(CCCNC(=O)C4CCN(CCNC(=O)CCc5ccc(-c6cn(C7C[C@H](n8cc(C)c(=O)[nH]c8=O)O[C@@H]7CO)nn6)cc5)CC4)cc3)c2n1. The molecule has 4 aromatic heterocycles. The van der Waals surface area contributed by atoms with Crippen LogP contribution in [0.2, 0.25) is 0 Å². The van der Waals surface area contributed by atoms with Crippen LogP contribution in [0.15, 0.2) is 75.7 Å². The summed E-state index contributed by atoms with van der Waals surface area (Å²) in [6.07, 6.45) is 7.54. The lowest BCUT2D eigenvalue weighted by molar-refractivity contribution is -0.126. The van der Waals surface area contributed by atoms with Crippen LogP contribution in [-0.4, -0.2) is 136 Å². The molecule has 0 aliphatic carbocycles. The van der Waals surface area contributed by atoms with Crippen molar-refractivity contribution in [3.8, 4) is 11.3 Å². The molecule has 8 rings (SSSR count). The molecule has 70 heavy (non-hydrogen) atoms. The van der Waals surface area contributed by atoms with E-state index in [9.17, 15) is 24.3 Å². The van der Waals surface area contributed by atoms with E-state index in [1.165, 1.54) is 16.3 Å². The van der Waals surface area contributed by atoms with Gasteiger partial charge in [0.2, 0.25) is 11.8 Å². The predicted molar refractivity (Wildman–Crippen MR) is 265 cm³/mol. The molecule has 7 N–H and O–H groups in total. The van der Waals surface area contributed by atoms with Crippen molar-refractivity contribution in [1.82, 2.24) is 65.0 Å². The number of hydrogen-bond acceptors (Lipinski definition) is 16. The van der Waals surface area contributed by atoms with Gasteiger partial charge in [-0.15, -0.1) is 10.2 Å². The third-order valence-electron chi connectivity index (χ3n) is 12.8. The summed E-state index contributed by atoms with van der Waals surface area (Å²) in [6, 6.07) is 15.9. The highest BCUT2D eigenvalue weighted by atomic mass is 32.2. The number of carbonyl (C=O) groups excluding carboxylic acids is 2. The molecule has 2 fully saturated rings. The molecule has 21 nitrogen and oxygen atoms in total. The van der Waals surface area contributed by atoms with Gasteiger partial charge in [-0.05, 0) is 75.2 Å². The molecule has 22 heteroatoms. The van der Waals surface area contributed by atoms with Gasteiger partial charge in [-0.25, -0.2) is 24.1 Å². The first kappa shape index (κ1) is 50.1. The predicted octanol–water partition coefficient (Wildman–Crippen LogP) is 2.59. The summed E-state index contributed by atoms with van der Waals surface area (Å²) in [5.74, 6) is 1.68. The molecule has 2 aliphatic rings. The van der Waals surface area contributed by atoms with Gasteiger partial charge < -0.3 is 36.4 Å². The zero-order valence-corrected chi connectivity index (χ0v) is 40.6. The number of benzene rings is 2. The van der Waals surface area contributed by atoms with Gasteiger partial charge in [0.1, 0.15) is 18.0 Å². The van der Waals surface area contributed by atoms with Crippen molar-refractivity contribution in [2.75, 3.05) is 63.5 Å². The maximum Gasteiger partial charge on any atom is 0.330 e. The summed E-state index contributed by atoms with van der Waals surface area (Å²) >= 11 is 1.61. The smallest absolute Gasteiger partial charge is 0.330 e. The third-order valence-corrected chi connectivity index (χ3v) is 13.9. The second-order valence-electron chi connectivity index (χ2n) is 17.9. The Hall–Kier alpha value is -6.33. The number of piperidine rings is 1. The van der Waals surface area contributed by atoms with Crippen LogP contribution in [0.4, 0.5) is 5.82 Å². The zero-order valence-electron chi connectivity index (χ0n) is 39.8. The molecule has 6 aromatic rings. The number of nitrogens with zero attached hydrogens (tertiary/aromatic N) is 10. The van der Waals surface area contributed by atoms with E-state index in [0.29, 0.717) is 85.4 Å². The number of thioether (sulfide) groups is 1. The van der Waals surface area contributed by atoms with E-state index in [2.05, 4.69) is 82.6 Å². The number of likely N-dealkylation sites (tertiary alicyclic amines) is 1. The fourth-order valence-corrected chi connectivity index (χ4v) is 9.50. The number of aliphatic hydroxyl groups excluding tert-OH is 1. The molecule has 2 saturated heterocycles. The Morgan fingerprint density at radius 2 is 1.69 bits per heavy atom. The number of anilines is 1. The average Bonchev–Trinajstić information content (AvgIpc) is 4.15. The van der Waals surface area contributed by atoms with Gasteiger partial charge in [0.15, 0.2) is 22.1 Å². The van der Waals surface area contributed by atoms with E-state index in [0.717, 1.165) is 74.2 Å². The second kappa shape index (κ2) is 24.0. The average molecular weight is 978 g/mol. The molecule has 0 spiro atoms. The Kier molecular flexibility index (Phi) is 17.2. The lowest BCUT2D eigenvalue weighted by Crippen LogP contribution is -2.43. The number of nitrogens with one attached hydrogen (secondary N) is 4. The molecular formula is C48H63N15O6S. The van der Waals surface area contributed by atoms with Crippen LogP contribution < -0.4 is 32.9 Å². The summed E-state index contributed by atoms with van der Waals surface area (Å²) < 4.78 is 10.8. The summed E-state index contributed by atoms with van der Waals surface area (Å²) in [7, 11) is 0. The Morgan fingerprint density at radius 3 is 2.44 bits per heavy atom. The molecule has 2 aliphatic heterocycles.